The van der Waals surface area contributed by atoms with Gasteiger partial charge in [0.15, 0.2) is 5.76 Å². The molecule has 2 saturated heterocycles. The van der Waals surface area contributed by atoms with Gasteiger partial charge in [-0.15, -0.1) is 0 Å². The van der Waals surface area contributed by atoms with Gasteiger partial charge in [-0.2, -0.15) is 0 Å². The van der Waals surface area contributed by atoms with Crippen LogP contribution in [0.4, 0.5) is 0 Å². The second-order valence-corrected chi connectivity index (χ2v) is 24.8. The maximum Gasteiger partial charge on any atom is 0.238 e. The lowest BCUT2D eigenvalue weighted by molar-refractivity contribution is 0.00975. The Hall–Kier alpha value is -3.99. The van der Waals surface area contributed by atoms with E-state index in [0.29, 0.717) is 71.8 Å². The van der Waals surface area contributed by atoms with E-state index in [1.54, 1.807) is 32.4 Å². The quantitative estimate of drug-likeness (QED) is 0.0786. The highest BCUT2D eigenvalue weighted by Crippen LogP contribution is 2.59. The number of hydrogen-bond donors (Lipinski definition) is 7. The van der Waals surface area contributed by atoms with E-state index in [2.05, 4.69) is 55.6 Å². The molecule has 7 atom stereocenters. The molecule has 7 unspecified atom stereocenters. The summed E-state index contributed by atoms with van der Waals surface area (Å²) in [6.07, 6.45) is 2.74. The van der Waals surface area contributed by atoms with Crippen molar-refractivity contribution >= 4 is 64.9 Å². The molecule has 0 radical (unpaired) electrons. The average molecular weight is 992 g/mol. The fraction of sp³-hybridized carbons (Fsp3) is 0.426. The molecule has 7 N–H and O–H groups in total. The van der Waals surface area contributed by atoms with Gasteiger partial charge < -0.3 is 45.1 Å². The largest absolute Gasteiger partial charge is 0.507 e. The smallest absolute Gasteiger partial charge is 0.238 e. The molecule has 6 aromatic rings. The standard InChI is InChI=1S/C54H57NO9S4/c1-26(2)18-30-22-34(37-25-66-67-42-14-5-15-55-47(42)29-9-3-8-27(19-29)20-33(37)48(30)59)52-51(62)50(61)46-41(64-52)24-39(58)45-35-21-28(10-6-16-56)31-11-4-12-32-43(31)44(35)36-23-40(63-53(45)46)38(57)13-7-17-65-68-54(32)49(36)60/h3-4,8-9,11-12,19,21-22,24,26,36,38,40,42,47,49,54-60,62H,5-7,10,13-18,20,23,25H2,1-2H3. The molecular formula is C54H57NO9S4. The van der Waals surface area contributed by atoms with Crippen LogP contribution in [0.15, 0.2) is 69.9 Å². The van der Waals surface area contributed by atoms with Gasteiger partial charge in [0.05, 0.1) is 23.0 Å². The van der Waals surface area contributed by atoms with E-state index < -0.39 is 35.4 Å². The highest BCUT2D eigenvalue weighted by molar-refractivity contribution is 8.77. The van der Waals surface area contributed by atoms with Gasteiger partial charge >= 0.3 is 0 Å². The Balaban J connectivity index is 1.16. The Labute approximate surface area is 411 Å². The Kier molecular flexibility index (Phi) is 12.9. The van der Waals surface area contributed by atoms with Gasteiger partial charge in [-0.3, -0.25) is 4.79 Å². The first kappa shape index (κ1) is 46.4. The molecule has 0 amide bonds. The van der Waals surface area contributed by atoms with Crippen molar-refractivity contribution in [2.45, 2.75) is 118 Å². The fourth-order valence-corrected chi connectivity index (χ4v) is 17.5. The van der Waals surface area contributed by atoms with Gasteiger partial charge in [-0.1, -0.05) is 99.5 Å². The van der Waals surface area contributed by atoms with Crippen LogP contribution in [0.5, 0.6) is 23.0 Å². The minimum Gasteiger partial charge on any atom is -0.507 e. The van der Waals surface area contributed by atoms with Gasteiger partial charge in [0.25, 0.3) is 0 Å². The van der Waals surface area contributed by atoms with Crippen LogP contribution in [0.3, 0.4) is 0 Å². The van der Waals surface area contributed by atoms with Crippen molar-refractivity contribution in [3.05, 3.63) is 115 Å². The van der Waals surface area contributed by atoms with E-state index in [0.717, 1.165) is 63.7 Å². The normalized spacial score (nSPS) is 24.6. The van der Waals surface area contributed by atoms with E-state index >= 15 is 4.79 Å². The summed E-state index contributed by atoms with van der Waals surface area (Å²) >= 11 is 0. The molecule has 10 nitrogen and oxygen atoms in total. The molecule has 4 aliphatic heterocycles. The van der Waals surface area contributed by atoms with Crippen LogP contribution in [0.1, 0.15) is 114 Å². The molecule has 0 saturated carbocycles. The summed E-state index contributed by atoms with van der Waals surface area (Å²) in [6.45, 7) is 5.10. The lowest BCUT2D eigenvalue weighted by atomic mass is 9.71. The van der Waals surface area contributed by atoms with Crippen molar-refractivity contribution in [3.63, 3.8) is 0 Å². The summed E-state index contributed by atoms with van der Waals surface area (Å²) in [6, 6.07) is 20.2. The van der Waals surface area contributed by atoms with Crippen LogP contribution in [0.25, 0.3) is 44.2 Å². The van der Waals surface area contributed by atoms with Crippen LogP contribution in [-0.2, 0) is 25.0 Å². The fourth-order valence-electron chi connectivity index (χ4n) is 11.6. The van der Waals surface area contributed by atoms with Crippen LogP contribution >= 0.6 is 43.2 Å². The maximum absolute atomic E-state index is 15.3. The molecule has 2 fully saturated rings. The number of nitrogens with one attached hydrogen (secondary N) is 1. The molecule has 11 rings (SSSR count). The molecule has 14 heteroatoms. The van der Waals surface area contributed by atoms with E-state index in [1.165, 1.54) is 11.6 Å². The number of aryl methyl sites for hydroxylation is 1. The van der Waals surface area contributed by atoms with Crippen LogP contribution in [0.2, 0.25) is 0 Å². The predicted octanol–water partition coefficient (Wildman–Crippen LogP) is 11.0. The van der Waals surface area contributed by atoms with Crippen molar-refractivity contribution < 1.29 is 39.8 Å². The summed E-state index contributed by atoms with van der Waals surface area (Å²) in [7, 11) is 6.85. The summed E-state index contributed by atoms with van der Waals surface area (Å²) in [5.41, 5.74) is 7.71. The van der Waals surface area contributed by atoms with Crippen LogP contribution < -0.4 is 15.5 Å². The zero-order valence-corrected chi connectivity index (χ0v) is 41.4. The third-order valence-corrected chi connectivity index (χ3v) is 20.4. The summed E-state index contributed by atoms with van der Waals surface area (Å²) in [4.78, 5) is 15.3. The van der Waals surface area contributed by atoms with Crippen molar-refractivity contribution in [1.29, 1.82) is 0 Å². The molecule has 5 aliphatic rings. The molecule has 1 aliphatic carbocycles. The van der Waals surface area contributed by atoms with E-state index in [-0.39, 0.29) is 69.8 Å². The number of ether oxygens (including phenoxy) is 1. The minimum absolute atomic E-state index is 0.000562. The summed E-state index contributed by atoms with van der Waals surface area (Å²) in [5, 5.41) is 77.2. The Morgan fingerprint density at radius 2 is 1.72 bits per heavy atom. The molecule has 356 valence electrons. The van der Waals surface area contributed by atoms with Crippen LogP contribution in [0, 0.1) is 5.92 Å². The first-order chi connectivity index (χ1) is 33.0. The molecule has 1 aromatic heterocycles. The number of aliphatic hydroxyl groups excluding tert-OH is 3. The highest BCUT2D eigenvalue weighted by Gasteiger charge is 2.45. The Bertz CT molecular complexity index is 3010. The predicted molar refractivity (Wildman–Crippen MR) is 278 cm³/mol. The zero-order valence-electron chi connectivity index (χ0n) is 38.1. The van der Waals surface area contributed by atoms with Crippen LogP contribution in [-0.4, -0.2) is 73.1 Å². The second-order valence-electron chi connectivity index (χ2n) is 19.6. The summed E-state index contributed by atoms with van der Waals surface area (Å²) < 4.78 is 13.7. The van der Waals surface area contributed by atoms with Gasteiger partial charge in [0.1, 0.15) is 34.3 Å². The number of piperidine rings is 1. The van der Waals surface area contributed by atoms with Gasteiger partial charge in [-0.05, 0) is 131 Å². The average Bonchev–Trinajstić information content (AvgIpc) is 3.35. The van der Waals surface area contributed by atoms with Gasteiger partial charge in [-0.25, -0.2) is 0 Å². The van der Waals surface area contributed by atoms with Crippen molar-refractivity contribution in [3.8, 4) is 45.4 Å². The Morgan fingerprint density at radius 1 is 0.882 bits per heavy atom. The molecule has 68 heavy (non-hydrogen) atoms. The number of fused-ring (bicyclic) bond motifs is 12. The van der Waals surface area contributed by atoms with E-state index in [9.17, 15) is 30.6 Å². The number of aromatic hydroxyl groups is 3. The monoisotopic (exact) mass is 991 g/mol. The molecule has 5 bridgehead atoms. The van der Waals surface area contributed by atoms with Crippen molar-refractivity contribution in [2.75, 3.05) is 18.9 Å². The van der Waals surface area contributed by atoms with E-state index in [1.807, 2.05) is 29.0 Å². The molecule has 5 heterocycles. The minimum atomic E-state index is -0.975. The first-order valence-electron chi connectivity index (χ1n) is 24.0. The van der Waals surface area contributed by atoms with Crippen molar-refractivity contribution in [1.82, 2.24) is 5.32 Å². The number of hydrogen-bond acceptors (Lipinski definition) is 14. The number of aliphatic hydroxyl groups is 3. The van der Waals surface area contributed by atoms with Gasteiger partial charge in [0, 0.05) is 58.9 Å². The molecule has 5 aromatic carbocycles. The van der Waals surface area contributed by atoms with Crippen molar-refractivity contribution in [2.24, 2.45) is 5.92 Å². The first-order valence-corrected chi connectivity index (χ1v) is 28.8. The second kappa shape index (κ2) is 19.0. The summed E-state index contributed by atoms with van der Waals surface area (Å²) in [5.74, 6) is 0.185. The Morgan fingerprint density at radius 3 is 2.56 bits per heavy atom. The maximum atomic E-state index is 15.3. The van der Waals surface area contributed by atoms with Gasteiger partial charge in [0.2, 0.25) is 11.2 Å². The van der Waals surface area contributed by atoms with E-state index in [4.69, 9.17) is 9.15 Å². The topological polar surface area (TPSA) is 173 Å². The number of rotatable bonds is 6. The zero-order chi connectivity index (χ0) is 47.0. The number of phenolic OH excluding ortho intramolecular Hbond substituents is 2. The SMILES string of the molecule is CC(C)Cc1cc(-c2oc3cc(O)c4c(c3c(=O)c2O)OC2CC3c5c-4cc(CCCO)c4cccc(c54)C(SSCCCC2O)C3O)c2c(c1O)Cc1cccc(c1)C1NCCCC1SSC2. The number of phenols is 2. The lowest BCUT2D eigenvalue weighted by Gasteiger charge is -2.41. The highest BCUT2D eigenvalue weighted by atomic mass is 33.1. The molecule has 0 spiro atoms. The third-order valence-electron chi connectivity index (χ3n) is 14.7. The lowest BCUT2D eigenvalue weighted by Crippen LogP contribution is -2.39. The third kappa shape index (κ3) is 8.08. The molecular weight excluding hydrogens is 935 g/mol. The number of benzene rings is 5.